The monoisotopic (exact) mass is 790 g/mol. The predicted octanol–water partition coefficient (Wildman–Crippen LogP) is 10.9. The maximum absolute atomic E-state index is 5.05. The lowest BCUT2D eigenvalue weighted by atomic mass is 9.73. The molecule has 0 radical (unpaired) electrons. The fourth-order valence-electron chi connectivity index (χ4n) is 10.3. The van der Waals surface area contributed by atoms with Gasteiger partial charge in [-0.1, -0.05) is 153 Å². The number of para-hydroxylation sites is 2. The van der Waals surface area contributed by atoms with Crippen LogP contribution in [0.2, 0.25) is 0 Å². The number of hydrogen-bond acceptors (Lipinski definition) is 4. The normalized spacial score (nSPS) is 13.7. The van der Waals surface area contributed by atoms with Crippen LogP contribution in [0, 0.1) is 0 Å². The van der Waals surface area contributed by atoms with Gasteiger partial charge in [0.2, 0.25) is 0 Å². The van der Waals surface area contributed by atoms with Crippen molar-refractivity contribution in [1.29, 1.82) is 0 Å². The minimum Gasteiger partial charge on any atom is -0.299 e. The maximum atomic E-state index is 5.05. The number of rotatable bonds is 5. The minimum absolute atomic E-state index is 0.297. The van der Waals surface area contributed by atoms with E-state index in [0.29, 0.717) is 0 Å². The highest BCUT2D eigenvalue weighted by molar-refractivity contribution is 7.27. The van der Waals surface area contributed by atoms with Crippen LogP contribution in [0.3, 0.4) is 0 Å². The molecule has 1 aliphatic heterocycles. The molecule has 5 heterocycles. The van der Waals surface area contributed by atoms with Gasteiger partial charge < -0.3 is 0 Å². The molecule has 12 rings (SSSR count). The number of fused-ring (bicyclic) bond motifs is 12. The Morgan fingerprint density at radius 1 is 0.542 bits per heavy atom. The zero-order chi connectivity index (χ0) is 39.3. The van der Waals surface area contributed by atoms with Crippen LogP contribution in [0.15, 0.2) is 195 Å². The molecule has 0 amide bonds. The van der Waals surface area contributed by atoms with Gasteiger partial charge in [-0.05, 0) is 68.1 Å². The Balaban J connectivity index is 1.31. The molecule has 0 aliphatic carbocycles. The number of nitrogens with zero attached hydrogens (tertiary/aromatic N) is 4. The highest BCUT2D eigenvalue weighted by Gasteiger charge is 2.47. The van der Waals surface area contributed by atoms with Crippen molar-refractivity contribution in [2.45, 2.75) is 19.3 Å². The van der Waals surface area contributed by atoms with Crippen LogP contribution in [0.1, 0.15) is 25.0 Å². The van der Waals surface area contributed by atoms with E-state index in [2.05, 4.69) is 199 Å². The molecular weight excluding hydrogens is 753 g/mol. The summed E-state index contributed by atoms with van der Waals surface area (Å²) in [6.07, 6.45) is 5.95. The van der Waals surface area contributed by atoms with Gasteiger partial charge >= 0.3 is 0 Å². The van der Waals surface area contributed by atoms with Crippen LogP contribution in [0.4, 0.5) is 17.2 Å². The van der Waals surface area contributed by atoms with Crippen molar-refractivity contribution in [3.63, 3.8) is 0 Å². The first-order valence-corrected chi connectivity index (χ1v) is 23.1. The van der Waals surface area contributed by atoms with E-state index in [-0.39, 0.29) is 5.41 Å². The molecular formula is C53H38N4SSi. The van der Waals surface area contributed by atoms with Crippen molar-refractivity contribution in [2.75, 3.05) is 4.90 Å². The number of thiophene rings is 1. The van der Waals surface area contributed by atoms with Crippen LogP contribution in [0.25, 0.3) is 47.5 Å². The first-order chi connectivity index (χ1) is 29.0. The molecule has 0 atom stereocenters. The lowest BCUT2D eigenvalue weighted by Gasteiger charge is -2.43. The average Bonchev–Trinajstić information content (AvgIpc) is 3.94. The van der Waals surface area contributed by atoms with Crippen molar-refractivity contribution in [3.05, 3.63) is 206 Å². The van der Waals surface area contributed by atoms with Gasteiger partial charge in [0, 0.05) is 60.5 Å². The van der Waals surface area contributed by atoms with Crippen molar-refractivity contribution in [3.8, 4) is 0 Å². The van der Waals surface area contributed by atoms with Crippen molar-refractivity contribution in [1.82, 2.24) is 14.4 Å². The topological polar surface area (TPSA) is 33.4 Å². The van der Waals surface area contributed by atoms with E-state index in [1.54, 1.807) is 0 Å². The number of anilines is 3. The number of hydrogen-bond donors (Lipinski definition) is 0. The molecule has 0 fully saturated rings. The highest BCUT2D eigenvalue weighted by atomic mass is 32.1. The zero-order valence-corrected chi connectivity index (χ0v) is 34.5. The Hall–Kier alpha value is -6.86. The van der Waals surface area contributed by atoms with Gasteiger partial charge in [0.1, 0.15) is 11.5 Å². The first kappa shape index (κ1) is 34.2. The predicted molar refractivity (Wildman–Crippen MR) is 251 cm³/mol. The van der Waals surface area contributed by atoms with E-state index in [9.17, 15) is 0 Å². The second kappa shape index (κ2) is 12.8. The van der Waals surface area contributed by atoms with Crippen molar-refractivity contribution >= 4 is 105 Å². The molecule has 280 valence electrons. The number of benzene rings is 7. The smallest absolute Gasteiger partial charge is 0.180 e. The highest BCUT2D eigenvalue weighted by Crippen LogP contribution is 2.55. The average molecular weight is 791 g/mol. The molecule has 6 heteroatoms. The molecule has 11 aromatic rings. The second-order valence-corrected chi connectivity index (χ2v) is 21.0. The van der Waals surface area contributed by atoms with Crippen LogP contribution in [-0.4, -0.2) is 22.4 Å². The SMILES string of the molecule is CC1(C)c2ccccc2N(c2ccccn2)c2cc([Si](c3ccccc3)(c3ccccc3)c3ccc4c5ccccc5n5ccnc5c4c3)c3c(sc4ccccc43)c21. The zero-order valence-electron chi connectivity index (χ0n) is 32.7. The molecule has 1 aliphatic rings. The van der Waals surface area contributed by atoms with Gasteiger partial charge in [0.25, 0.3) is 0 Å². The summed E-state index contributed by atoms with van der Waals surface area (Å²) in [6.45, 7) is 4.82. The Morgan fingerprint density at radius 3 is 2.02 bits per heavy atom. The number of aromatic nitrogens is 3. The van der Waals surface area contributed by atoms with Crippen LogP contribution in [0.5, 0.6) is 0 Å². The molecule has 0 spiro atoms. The molecule has 0 N–H and O–H groups in total. The van der Waals surface area contributed by atoms with Gasteiger partial charge in [0.05, 0.1) is 16.9 Å². The molecule has 0 unspecified atom stereocenters. The molecule has 4 nitrogen and oxygen atoms in total. The third-order valence-corrected chi connectivity index (χ3v) is 18.8. The fourth-order valence-corrected chi connectivity index (χ4v) is 16.8. The van der Waals surface area contributed by atoms with Crippen molar-refractivity contribution in [2.24, 2.45) is 0 Å². The summed E-state index contributed by atoms with van der Waals surface area (Å²) in [4.78, 5) is 12.5. The molecule has 0 saturated heterocycles. The summed E-state index contributed by atoms with van der Waals surface area (Å²) in [5.41, 5.74) is 6.83. The Morgan fingerprint density at radius 2 is 1.24 bits per heavy atom. The fraction of sp³-hybridized carbons (Fsp3) is 0.0566. The van der Waals surface area contributed by atoms with Crippen LogP contribution >= 0.6 is 11.3 Å². The maximum Gasteiger partial charge on any atom is 0.180 e. The van der Waals surface area contributed by atoms with Gasteiger partial charge in [-0.3, -0.25) is 9.30 Å². The van der Waals surface area contributed by atoms with E-state index >= 15 is 0 Å². The Labute approximate surface area is 347 Å². The Bertz CT molecular complexity index is 3390. The third-order valence-electron chi connectivity index (χ3n) is 12.8. The van der Waals surface area contributed by atoms with E-state index in [4.69, 9.17) is 9.97 Å². The number of pyridine rings is 2. The van der Waals surface area contributed by atoms with E-state index in [1.807, 2.05) is 29.8 Å². The lowest BCUT2D eigenvalue weighted by molar-refractivity contribution is 0.638. The summed E-state index contributed by atoms with van der Waals surface area (Å²) in [5.74, 6) is 0.911. The number of imidazole rings is 1. The Kier molecular flexibility index (Phi) is 7.43. The van der Waals surface area contributed by atoms with E-state index < -0.39 is 8.07 Å². The van der Waals surface area contributed by atoms with E-state index in [0.717, 1.165) is 22.4 Å². The van der Waals surface area contributed by atoms with Gasteiger partial charge in [0.15, 0.2) is 8.07 Å². The summed E-state index contributed by atoms with van der Waals surface area (Å²) < 4.78 is 4.89. The second-order valence-electron chi connectivity index (χ2n) is 16.2. The minimum atomic E-state index is -3.20. The van der Waals surface area contributed by atoms with Crippen LogP contribution < -0.4 is 25.6 Å². The molecule has 7 aromatic carbocycles. The first-order valence-electron chi connectivity index (χ1n) is 20.2. The standard InChI is InChI=1S/C53H38N4SSi/c1-53(2)42-23-11-13-25-44(42)57(48-27-15-16-30-54-48)45-34-47(49-40-22-10-14-26-46(40)58-51(49)50(45)53)59(35-17-5-3-6-18-35,36-19-7-4-8-20-36)37-28-29-38-39-21-9-12-24-43(39)56-32-31-55-52(56)41(38)33-37/h3-34H,1-2H3. The molecule has 4 aromatic heterocycles. The summed E-state index contributed by atoms with van der Waals surface area (Å²) in [6, 6.07) is 65.5. The molecule has 59 heavy (non-hydrogen) atoms. The lowest BCUT2D eigenvalue weighted by Crippen LogP contribution is -2.75. The van der Waals surface area contributed by atoms with Gasteiger partial charge in [-0.2, -0.15) is 0 Å². The molecule has 0 saturated carbocycles. The van der Waals surface area contributed by atoms with Gasteiger partial charge in [-0.25, -0.2) is 9.97 Å². The molecule has 0 bridgehead atoms. The summed E-state index contributed by atoms with van der Waals surface area (Å²) in [5, 5.41) is 11.6. The van der Waals surface area contributed by atoms with E-state index in [1.165, 1.54) is 74.2 Å². The third kappa shape index (κ3) is 4.76. The van der Waals surface area contributed by atoms with Crippen LogP contribution in [-0.2, 0) is 5.41 Å². The largest absolute Gasteiger partial charge is 0.299 e. The summed E-state index contributed by atoms with van der Waals surface area (Å²) in [7, 11) is -3.20. The quantitative estimate of drug-likeness (QED) is 0.0989. The summed E-state index contributed by atoms with van der Waals surface area (Å²) >= 11 is 1.94. The van der Waals surface area contributed by atoms with Gasteiger partial charge in [-0.15, -0.1) is 11.3 Å². The van der Waals surface area contributed by atoms with Crippen molar-refractivity contribution < 1.29 is 0 Å².